The molecule has 7 nitrogen and oxygen atoms in total. The molecule has 0 bridgehead atoms. The first-order chi connectivity index (χ1) is 11.7. The lowest BCUT2D eigenvalue weighted by molar-refractivity contribution is 0.118. The van der Waals surface area contributed by atoms with Crippen molar-refractivity contribution in [3.05, 3.63) is 35.9 Å². The van der Waals surface area contributed by atoms with Crippen LogP contribution in [0, 0.1) is 0 Å². The van der Waals surface area contributed by atoms with Crippen LogP contribution in [-0.2, 0) is 16.3 Å². The number of hydrogen-bond donors (Lipinski definition) is 1. The minimum atomic E-state index is -3.64. The fourth-order valence-corrected chi connectivity index (χ4v) is 4.26. The van der Waals surface area contributed by atoms with Crippen molar-refractivity contribution < 1.29 is 13.2 Å². The van der Waals surface area contributed by atoms with Gasteiger partial charge in [-0.05, 0) is 19.7 Å². The summed E-state index contributed by atoms with van der Waals surface area (Å²) >= 11 is 0. The highest BCUT2D eigenvalue weighted by molar-refractivity contribution is 7.90. The highest BCUT2D eigenvalue weighted by Crippen LogP contribution is 2.15. The average Bonchev–Trinajstić information content (AvgIpc) is 2.58. The van der Waals surface area contributed by atoms with Gasteiger partial charge >= 0.3 is 6.03 Å². The molecule has 0 unspecified atom stereocenters. The summed E-state index contributed by atoms with van der Waals surface area (Å²) in [6, 6.07) is 9.54. The summed E-state index contributed by atoms with van der Waals surface area (Å²) in [5.74, 6) is 5.71. The number of sulfonamides is 1. The molecule has 2 rings (SSSR count). The van der Waals surface area contributed by atoms with Crippen LogP contribution < -0.4 is 5.84 Å². The van der Waals surface area contributed by atoms with E-state index in [1.54, 1.807) is 23.7 Å². The zero-order valence-electron chi connectivity index (χ0n) is 15.1. The fourth-order valence-electron chi connectivity index (χ4n) is 2.99. The van der Waals surface area contributed by atoms with Gasteiger partial charge in [-0.1, -0.05) is 42.7 Å². The van der Waals surface area contributed by atoms with E-state index >= 15 is 0 Å². The van der Waals surface area contributed by atoms with E-state index in [1.165, 1.54) is 0 Å². The van der Waals surface area contributed by atoms with Gasteiger partial charge in [0.05, 0.1) is 5.75 Å². The summed E-state index contributed by atoms with van der Waals surface area (Å²) < 4.78 is 26.0. The molecule has 2 amide bonds. The van der Waals surface area contributed by atoms with Crippen LogP contribution in [0.4, 0.5) is 4.79 Å². The minimum absolute atomic E-state index is 0.0341. The predicted molar refractivity (Wildman–Crippen MR) is 100 cm³/mol. The molecule has 1 aliphatic rings. The van der Waals surface area contributed by atoms with Crippen LogP contribution >= 0.6 is 0 Å². The lowest BCUT2D eigenvalue weighted by atomic mass is 9.61. The summed E-state index contributed by atoms with van der Waals surface area (Å²) in [4.78, 5) is 15.4. The van der Waals surface area contributed by atoms with Crippen molar-refractivity contribution in [1.29, 1.82) is 0 Å². The molecule has 2 N–H and O–H groups in total. The van der Waals surface area contributed by atoms with Gasteiger partial charge < -0.3 is 9.80 Å². The first kappa shape index (κ1) is 19.7. The van der Waals surface area contributed by atoms with Gasteiger partial charge in [-0.25, -0.2) is 13.2 Å². The topological polar surface area (TPSA) is 87.0 Å². The van der Waals surface area contributed by atoms with Crippen molar-refractivity contribution in [2.45, 2.75) is 32.5 Å². The van der Waals surface area contributed by atoms with Gasteiger partial charge in [0.1, 0.15) is 0 Å². The summed E-state index contributed by atoms with van der Waals surface area (Å²) in [7, 11) is -1.92. The van der Waals surface area contributed by atoms with E-state index in [0.29, 0.717) is 12.9 Å². The van der Waals surface area contributed by atoms with Crippen LogP contribution in [-0.4, -0.2) is 67.4 Å². The van der Waals surface area contributed by atoms with Gasteiger partial charge in [-0.15, -0.1) is 0 Å². The molecule has 9 heteroatoms. The quantitative estimate of drug-likeness (QED) is 0.444. The third-order valence-electron chi connectivity index (χ3n) is 4.71. The minimum Gasteiger partial charge on any atom is -0.328 e. The average molecular weight is 366 g/mol. The van der Waals surface area contributed by atoms with E-state index in [-0.39, 0.29) is 31.2 Å². The van der Waals surface area contributed by atoms with Crippen molar-refractivity contribution >= 4 is 22.9 Å². The Bertz CT molecular complexity index is 686. The second kappa shape index (κ2) is 8.20. The van der Waals surface area contributed by atoms with Gasteiger partial charge in [0.25, 0.3) is 6.85 Å². The van der Waals surface area contributed by atoms with Crippen molar-refractivity contribution in [2.24, 2.45) is 5.84 Å². The summed E-state index contributed by atoms with van der Waals surface area (Å²) in [5.41, 5.74) is 1.03. The maximum atomic E-state index is 12.5. The number of amides is 2. The summed E-state index contributed by atoms with van der Waals surface area (Å²) in [6.45, 7) is 4.21. The van der Waals surface area contributed by atoms with Gasteiger partial charge in [-0.3, -0.25) is 5.84 Å². The Balaban J connectivity index is 1.96. The molecule has 25 heavy (non-hydrogen) atoms. The highest BCUT2D eigenvalue weighted by Gasteiger charge is 2.32. The standard InChI is InChI=1S/C16H27BN4O3S/c1-14-9-10-19(3)16(22)20(14)11-12-25(23,24)21(18)17(2)13-15-7-5-4-6-8-15/h4-8,14H,9-13,18H2,1-3H3/t14-/m0/s1. The molecule has 138 valence electrons. The monoisotopic (exact) mass is 366 g/mol. The maximum Gasteiger partial charge on any atom is 0.320 e. The number of carbonyl (C=O) groups excluding carboxylic acids is 1. The van der Waals surface area contributed by atoms with Crippen LogP contribution in [0.5, 0.6) is 0 Å². The SMILES string of the molecule is CB(Cc1ccccc1)N(N)S(=O)(=O)CCN1C(=O)N(C)CC[C@@H]1C. The van der Waals surface area contributed by atoms with Crippen LogP contribution in [0.3, 0.4) is 0 Å². The number of benzene rings is 1. The Hall–Kier alpha value is -1.58. The van der Waals surface area contributed by atoms with Crippen LogP contribution in [0.1, 0.15) is 18.9 Å². The third kappa shape index (κ3) is 4.96. The zero-order chi connectivity index (χ0) is 18.6. The molecule has 1 aromatic carbocycles. The Labute approximate surface area is 150 Å². The number of nitrogens with two attached hydrogens (primary N) is 1. The van der Waals surface area contributed by atoms with Crippen molar-refractivity contribution in [3.8, 4) is 0 Å². The molecule has 1 aromatic rings. The molecule has 1 aliphatic heterocycles. The van der Waals surface area contributed by atoms with E-state index in [2.05, 4.69) is 0 Å². The number of rotatable bonds is 7. The summed E-state index contributed by atoms with van der Waals surface area (Å²) in [6.07, 6.45) is 1.37. The van der Waals surface area contributed by atoms with Gasteiger partial charge in [0, 0.05) is 26.2 Å². The molecule has 1 heterocycles. The molecule has 0 aromatic heterocycles. The molecule has 0 aliphatic carbocycles. The zero-order valence-corrected chi connectivity index (χ0v) is 15.9. The number of hydrazine groups is 1. The molecule has 0 saturated carbocycles. The van der Waals surface area contributed by atoms with Crippen molar-refractivity contribution in [1.82, 2.24) is 14.1 Å². The summed E-state index contributed by atoms with van der Waals surface area (Å²) in [5, 5.41) is 0. The Kier molecular flexibility index (Phi) is 6.48. The van der Waals surface area contributed by atoms with Crippen LogP contribution in [0.25, 0.3) is 0 Å². The molecule has 0 spiro atoms. The second-order valence-electron chi connectivity index (χ2n) is 6.72. The van der Waals surface area contributed by atoms with Crippen molar-refractivity contribution in [2.75, 3.05) is 25.9 Å². The second-order valence-corrected chi connectivity index (χ2v) is 8.71. The fraction of sp³-hybridized carbons (Fsp3) is 0.562. The van der Waals surface area contributed by atoms with Crippen molar-refractivity contribution in [3.63, 3.8) is 0 Å². The van der Waals surface area contributed by atoms with E-state index in [1.807, 2.05) is 37.3 Å². The highest BCUT2D eigenvalue weighted by atomic mass is 32.2. The third-order valence-corrected chi connectivity index (χ3v) is 6.41. The smallest absolute Gasteiger partial charge is 0.320 e. The first-order valence-corrected chi connectivity index (χ1v) is 10.2. The van der Waals surface area contributed by atoms with Gasteiger partial charge in [0.15, 0.2) is 0 Å². The van der Waals surface area contributed by atoms with E-state index in [0.717, 1.165) is 16.3 Å². The lowest BCUT2D eigenvalue weighted by Crippen LogP contribution is -2.55. The van der Waals surface area contributed by atoms with E-state index in [9.17, 15) is 13.2 Å². The molecular formula is C16H27BN4O3S. The number of urea groups is 1. The molecule has 1 saturated heterocycles. The van der Waals surface area contributed by atoms with Crippen LogP contribution in [0.15, 0.2) is 30.3 Å². The largest absolute Gasteiger partial charge is 0.328 e. The maximum absolute atomic E-state index is 12.5. The van der Waals surface area contributed by atoms with Gasteiger partial charge in [0.2, 0.25) is 10.0 Å². The molecule has 0 radical (unpaired) electrons. The molecule has 1 atom stereocenters. The van der Waals surface area contributed by atoms with E-state index < -0.39 is 10.0 Å². The number of carbonyl (C=O) groups is 1. The lowest BCUT2D eigenvalue weighted by Gasteiger charge is -2.38. The van der Waals surface area contributed by atoms with Crippen LogP contribution in [0.2, 0.25) is 6.82 Å². The number of nitrogens with zero attached hydrogens (tertiary/aromatic N) is 3. The Morgan fingerprint density at radius 3 is 2.60 bits per heavy atom. The Morgan fingerprint density at radius 2 is 1.96 bits per heavy atom. The Morgan fingerprint density at radius 1 is 1.32 bits per heavy atom. The number of hydrogen-bond acceptors (Lipinski definition) is 4. The molecular weight excluding hydrogens is 339 g/mol. The van der Waals surface area contributed by atoms with E-state index in [4.69, 9.17) is 5.84 Å². The molecule has 1 fully saturated rings. The van der Waals surface area contributed by atoms with Gasteiger partial charge in [-0.2, -0.15) is 4.33 Å². The first-order valence-electron chi connectivity index (χ1n) is 8.55. The predicted octanol–water partition coefficient (Wildman–Crippen LogP) is 1.04. The normalized spacial score (nSPS) is 18.8.